The number of esters is 1. The molecule has 0 unspecified atom stereocenters. The Kier molecular flexibility index (Phi) is 4.88. The highest BCUT2D eigenvalue weighted by atomic mass is 16.5. The van der Waals surface area contributed by atoms with Crippen LogP contribution in [0.2, 0.25) is 0 Å². The molecule has 0 saturated heterocycles. The Bertz CT molecular complexity index is 627. The zero-order chi connectivity index (χ0) is 15.1. The number of carbonyl (C=O) groups excluding carboxylic acids is 2. The number of benzene rings is 2. The maximum atomic E-state index is 11.9. The molecule has 0 aliphatic rings. The summed E-state index contributed by atoms with van der Waals surface area (Å²) in [4.78, 5) is 22.5. The molecule has 0 aliphatic heterocycles. The lowest BCUT2D eigenvalue weighted by Crippen LogP contribution is -2.08. The Morgan fingerprint density at radius 2 is 1.62 bits per heavy atom. The van der Waals surface area contributed by atoms with E-state index in [1.165, 1.54) is 0 Å². The Labute approximate surface area is 122 Å². The monoisotopic (exact) mass is 282 g/mol. The van der Waals surface area contributed by atoms with E-state index in [-0.39, 0.29) is 0 Å². The van der Waals surface area contributed by atoms with E-state index in [0.29, 0.717) is 29.2 Å². The van der Waals surface area contributed by atoms with Crippen LogP contribution < -0.4 is 9.47 Å². The van der Waals surface area contributed by atoms with Crippen molar-refractivity contribution in [2.24, 2.45) is 0 Å². The molecule has 4 heteroatoms. The van der Waals surface area contributed by atoms with E-state index in [4.69, 9.17) is 9.47 Å². The molecule has 2 aromatic carbocycles. The number of hydrogen-bond donors (Lipinski definition) is 0. The molecule has 0 heterocycles. The molecule has 2 aromatic rings. The topological polar surface area (TPSA) is 52.6 Å². The standard InChI is InChI=1S/C17H14O4/c1-2-11-20-15-9-5-14(6-10-15)17(19)21-16-7-3-13(12-18)4-8-16/h2-10,12H,1,11H2. The summed E-state index contributed by atoms with van der Waals surface area (Å²) in [6.45, 7) is 3.97. The smallest absolute Gasteiger partial charge is 0.343 e. The highest BCUT2D eigenvalue weighted by molar-refractivity contribution is 5.91. The zero-order valence-corrected chi connectivity index (χ0v) is 11.3. The second-order valence-corrected chi connectivity index (χ2v) is 4.20. The van der Waals surface area contributed by atoms with Gasteiger partial charge in [-0.2, -0.15) is 0 Å². The number of ether oxygens (including phenoxy) is 2. The van der Waals surface area contributed by atoms with E-state index in [1.54, 1.807) is 54.6 Å². The van der Waals surface area contributed by atoms with Crippen molar-refractivity contribution in [3.05, 3.63) is 72.3 Å². The molecule has 0 fully saturated rings. The van der Waals surface area contributed by atoms with Gasteiger partial charge in [-0.25, -0.2) is 4.79 Å². The Morgan fingerprint density at radius 1 is 1.00 bits per heavy atom. The molecular formula is C17H14O4. The molecule has 0 spiro atoms. The summed E-state index contributed by atoms with van der Waals surface area (Å²) in [6.07, 6.45) is 2.37. The summed E-state index contributed by atoms with van der Waals surface area (Å²) >= 11 is 0. The van der Waals surface area contributed by atoms with Crippen LogP contribution in [0.4, 0.5) is 0 Å². The van der Waals surface area contributed by atoms with Crippen LogP contribution in [0.3, 0.4) is 0 Å². The van der Waals surface area contributed by atoms with Crippen molar-refractivity contribution in [3.8, 4) is 11.5 Å². The Morgan fingerprint density at radius 3 is 2.19 bits per heavy atom. The van der Waals surface area contributed by atoms with E-state index in [1.807, 2.05) is 0 Å². The first-order valence-corrected chi connectivity index (χ1v) is 6.34. The van der Waals surface area contributed by atoms with Crippen molar-refractivity contribution in [2.75, 3.05) is 6.61 Å². The van der Waals surface area contributed by atoms with Gasteiger partial charge in [0, 0.05) is 5.56 Å². The van der Waals surface area contributed by atoms with Gasteiger partial charge in [0.15, 0.2) is 0 Å². The maximum absolute atomic E-state index is 11.9. The number of aldehydes is 1. The van der Waals surface area contributed by atoms with Gasteiger partial charge < -0.3 is 9.47 Å². The summed E-state index contributed by atoms with van der Waals surface area (Å²) in [5.41, 5.74) is 0.943. The van der Waals surface area contributed by atoms with Gasteiger partial charge in [0.1, 0.15) is 24.4 Å². The molecule has 4 nitrogen and oxygen atoms in total. The van der Waals surface area contributed by atoms with Crippen molar-refractivity contribution in [1.29, 1.82) is 0 Å². The lowest BCUT2D eigenvalue weighted by Gasteiger charge is -2.06. The van der Waals surface area contributed by atoms with Crippen LogP contribution >= 0.6 is 0 Å². The van der Waals surface area contributed by atoms with E-state index >= 15 is 0 Å². The Balaban J connectivity index is 2.01. The fourth-order valence-electron chi connectivity index (χ4n) is 1.62. The van der Waals surface area contributed by atoms with Crippen LogP contribution in [-0.4, -0.2) is 18.9 Å². The predicted octanol–water partition coefficient (Wildman–Crippen LogP) is 3.28. The van der Waals surface area contributed by atoms with Crippen molar-refractivity contribution in [2.45, 2.75) is 0 Å². The van der Waals surface area contributed by atoms with Crippen molar-refractivity contribution < 1.29 is 19.1 Å². The molecule has 0 atom stereocenters. The molecule has 0 bridgehead atoms. The van der Waals surface area contributed by atoms with Gasteiger partial charge in [-0.3, -0.25) is 4.79 Å². The SMILES string of the molecule is C=CCOc1ccc(C(=O)Oc2ccc(C=O)cc2)cc1. The molecule has 21 heavy (non-hydrogen) atoms. The lowest BCUT2D eigenvalue weighted by molar-refractivity contribution is 0.0734. The minimum Gasteiger partial charge on any atom is -0.490 e. The van der Waals surface area contributed by atoms with E-state index < -0.39 is 5.97 Å². The fraction of sp³-hybridized carbons (Fsp3) is 0.0588. The van der Waals surface area contributed by atoms with Gasteiger partial charge in [-0.05, 0) is 48.5 Å². The van der Waals surface area contributed by atoms with Crippen molar-refractivity contribution in [3.63, 3.8) is 0 Å². The highest BCUT2D eigenvalue weighted by Gasteiger charge is 2.08. The second kappa shape index (κ2) is 7.05. The van der Waals surface area contributed by atoms with E-state index in [2.05, 4.69) is 6.58 Å². The molecule has 2 rings (SSSR count). The van der Waals surface area contributed by atoms with Gasteiger partial charge in [-0.1, -0.05) is 12.7 Å². The summed E-state index contributed by atoms with van der Waals surface area (Å²) in [5, 5.41) is 0. The van der Waals surface area contributed by atoms with Crippen LogP contribution in [-0.2, 0) is 0 Å². The normalized spacial score (nSPS) is 9.71. The molecule has 0 amide bonds. The number of rotatable bonds is 6. The second-order valence-electron chi connectivity index (χ2n) is 4.20. The van der Waals surface area contributed by atoms with Gasteiger partial charge >= 0.3 is 5.97 Å². The minimum atomic E-state index is -0.468. The average Bonchev–Trinajstić information content (AvgIpc) is 2.54. The molecule has 0 aromatic heterocycles. The van der Waals surface area contributed by atoms with Gasteiger partial charge in [-0.15, -0.1) is 0 Å². The first-order chi connectivity index (χ1) is 10.2. The zero-order valence-electron chi connectivity index (χ0n) is 11.3. The molecule has 0 aliphatic carbocycles. The quantitative estimate of drug-likeness (QED) is 0.353. The first kappa shape index (κ1) is 14.5. The molecule has 0 N–H and O–H groups in total. The van der Waals surface area contributed by atoms with Crippen LogP contribution in [0.5, 0.6) is 11.5 Å². The third-order valence-electron chi connectivity index (χ3n) is 2.68. The third-order valence-corrected chi connectivity index (χ3v) is 2.68. The van der Waals surface area contributed by atoms with Crippen molar-refractivity contribution >= 4 is 12.3 Å². The van der Waals surface area contributed by atoms with Crippen LogP contribution in [0.1, 0.15) is 20.7 Å². The van der Waals surface area contributed by atoms with Crippen molar-refractivity contribution in [1.82, 2.24) is 0 Å². The van der Waals surface area contributed by atoms with Gasteiger partial charge in [0.05, 0.1) is 5.56 Å². The maximum Gasteiger partial charge on any atom is 0.343 e. The summed E-state index contributed by atoms with van der Waals surface area (Å²) < 4.78 is 10.5. The van der Waals surface area contributed by atoms with Gasteiger partial charge in [0.25, 0.3) is 0 Å². The van der Waals surface area contributed by atoms with Crippen LogP contribution in [0.25, 0.3) is 0 Å². The largest absolute Gasteiger partial charge is 0.490 e. The number of hydrogen-bond acceptors (Lipinski definition) is 4. The third kappa shape index (κ3) is 4.04. The minimum absolute atomic E-state index is 0.387. The lowest BCUT2D eigenvalue weighted by atomic mass is 10.2. The van der Waals surface area contributed by atoms with E-state index in [9.17, 15) is 9.59 Å². The number of carbonyl (C=O) groups is 2. The molecule has 0 saturated carbocycles. The Hall–Kier alpha value is -2.88. The van der Waals surface area contributed by atoms with E-state index in [0.717, 1.165) is 6.29 Å². The fourth-order valence-corrected chi connectivity index (χ4v) is 1.62. The molecule has 106 valence electrons. The summed E-state index contributed by atoms with van der Waals surface area (Å²) in [5.74, 6) is 0.573. The highest BCUT2D eigenvalue weighted by Crippen LogP contribution is 2.16. The molecule has 0 radical (unpaired) electrons. The van der Waals surface area contributed by atoms with Crippen LogP contribution in [0, 0.1) is 0 Å². The average molecular weight is 282 g/mol. The van der Waals surface area contributed by atoms with Gasteiger partial charge in [0.2, 0.25) is 0 Å². The summed E-state index contributed by atoms with van der Waals surface area (Å²) in [7, 11) is 0. The summed E-state index contributed by atoms with van der Waals surface area (Å²) in [6, 6.07) is 12.9. The molecular weight excluding hydrogens is 268 g/mol. The predicted molar refractivity (Wildman–Crippen MR) is 78.9 cm³/mol. The van der Waals surface area contributed by atoms with Crippen LogP contribution in [0.15, 0.2) is 61.2 Å². The first-order valence-electron chi connectivity index (χ1n) is 6.34.